The predicted molar refractivity (Wildman–Crippen MR) is 59.2 cm³/mol. The molecular formula is C12H14N3+. The van der Waals surface area contributed by atoms with E-state index >= 15 is 0 Å². The lowest BCUT2D eigenvalue weighted by Crippen LogP contribution is -2.72. The van der Waals surface area contributed by atoms with Gasteiger partial charge in [0.15, 0.2) is 0 Å². The molecule has 0 spiro atoms. The third kappa shape index (κ3) is 2.60. The zero-order valence-electron chi connectivity index (χ0n) is 8.94. The predicted octanol–water partition coefficient (Wildman–Crippen LogP) is 1.62. The molecule has 0 fully saturated rings. The SMILES string of the molecule is Cc1cc(C)nc([NH2+]c2ccccc2)n1. The molecule has 1 aromatic heterocycles. The minimum atomic E-state index is 0.777. The Hall–Kier alpha value is -1.74. The number of nitrogens with two attached hydrogens (primary N) is 1. The second-order valence-electron chi connectivity index (χ2n) is 3.56. The second-order valence-corrected chi connectivity index (χ2v) is 3.56. The summed E-state index contributed by atoms with van der Waals surface area (Å²) in [7, 11) is 0. The van der Waals surface area contributed by atoms with Crippen molar-refractivity contribution in [1.82, 2.24) is 9.97 Å². The minimum absolute atomic E-state index is 0.777. The quantitative estimate of drug-likeness (QED) is 0.748. The summed E-state index contributed by atoms with van der Waals surface area (Å²) in [6.45, 7) is 3.97. The van der Waals surface area contributed by atoms with Gasteiger partial charge < -0.3 is 0 Å². The van der Waals surface area contributed by atoms with Gasteiger partial charge in [0.1, 0.15) is 5.69 Å². The van der Waals surface area contributed by atoms with Crippen LogP contribution in [0.5, 0.6) is 0 Å². The molecule has 0 unspecified atom stereocenters. The fraction of sp³-hybridized carbons (Fsp3) is 0.167. The Morgan fingerprint density at radius 3 is 2.13 bits per heavy atom. The summed E-state index contributed by atoms with van der Waals surface area (Å²) >= 11 is 0. The summed E-state index contributed by atoms with van der Waals surface area (Å²) in [6, 6.07) is 12.1. The molecular weight excluding hydrogens is 186 g/mol. The summed E-state index contributed by atoms with van der Waals surface area (Å²) in [5.74, 6) is 0.777. The lowest BCUT2D eigenvalue weighted by Gasteiger charge is -2.00. The van der Waals surface area contributed by atoms with Crippen molar-refractivity contribution in [2.75, 3.05) is 0 Å². The van der Waals surface area contributed by atoms with Crippen LogP contribution in [-0.4, -0.2) is 9.97 Å². The smallest absolute Gasteiger partial charge is 0.248 e. The van der Waals surface area contributed by atoms with E-state index in [9.17, 15) is 0 Å². The van der Waals surface area contributed by atoms with Crippen LogP contribution in [0.2, 0.25) is 0 Å². The van der Waals surface area contributed by atoms with E-state index in [4.69, 9.17) is 0 Å². The summed E-state index contributed by atoms with van der Waals surface area (Å²) in [4.78, 5) is 8.73. The Labute approximate surface area is 89.2 Å². The molecule has 0 aliphatic heterocycles. The second kappa shape index (κ2) is 4.19. The van der Waals surface area contributed by atoms with E-state index in [1.54, 1.807) is 0 Å². The highest BCUT2D eigenvalue weighted by atomic mass is 15.1. The molecule has 76 valence electrons. The summed E-state index contributed by atoms with van der Waals surface area (Å²) in [5, 5.41) is 1.99. The lowest BCUT2D eigenvalue weighted by molar-refractivity contribution is -0.487. The van der Waals surface area contributed by atoms with Crippen molar-refractivity contribution < 1.29 is 5.32 Å². The molecule has 0 atom stereocenters. The van der Waals surface area contributed by atoms with Crippen molar-refractivity contribution in [3.05, 3.63) is 47.8 Å². The molecule has 0 aliphatic rings. The lowest BCUT2D eigenvalue weighted by atomic mass is 10.3. The van der Waals surface area contributed by atoms with E-state index in [1.165, 1.54) is 0 Å². The van der Waals surface area contributed by atoms with Gasteiger partial charge in [-0.25, -0.2) is 5.32 Å². The van der Waals surface area contributed by atoms with Gasteiger partial charge in [0.05, 0.1) is 0 Å². The number of hydrogen-bond donors (Lipinski definition) is 1. The zero-order valence-corrected chi connectivity index (χ0v) is 8.94. The molecule has 2 aromatic rings. The molecule has 2 N–H and O–H groups in total. The Morgan fingerprint density at radius 2 is 1.53 bits per heavy atom. The van der Waals surface area contributed by atoms with Crippen LogP contribution >= 0.6 is 0 Å². The molecule has 0 bridgehead atoms. The van der Waals surface area contributed by atoms with Gasteiger partial charge in [-0.15, -0.1) is 0 Å². The van der Waals surface area contributed by atoms with Gasteiger partial charge in [0.25, 0.3) is 0 Å². The molecule has 1 heterocycles. The highest BCUT2D eigenvalue weighted by Gasteiger charge is 2.04. The normalized spacial score (nSPS) is 10.3. The number of para-hydroxylation sites is 1. The number of benzene rings is 1. The van der Waals surface area contributed by atoms with Crippen molar-refractivity contribution in [3.63, 3.8) is 0 Å². The van der Waals surface area contributed by atoms with Crippen LogP contribution in [0.1, 0.15) is 11.4 Å². The summed E-state index contributed by atoms with van der Waals surface area (Å²) < 4.78 is 0. The van der Waals surface area contributed by atoms with Gasteiger partial charge in [-0.1, -0.05) is 18.2 Å². The van der Waals surface area contributed by atoms with E-state index in [-0.39, 0.29) is 0 Å². The Balaban J connectivity index is 2.25. The maximum atomic E-state index is 4.36. The van der Waals surface area contributed by atoms with Crippen molar-refractivity contribution in [2.45, 2.75) is 13.8 Å². The fourth-order valence-corrected chi connectivity index (χ4v) is 1.52. The van der Waals surface area contributed by atoms with Gasteiger partial charge >= 0.3 is 5.95 Å². The van der Waals surface area contributed by atoms with Gasteiger partial charge in [-0.3, -0.25) is 0 Å². The van der Waals surface area contributed by atoms with Gasteiger partial charge in [-0.2, -0.15) is 9.97 Å². The van der Waals surface area contributed by atoms with E-state index in [0.29, 0.717) is 0 Å². The molecule has 1 aromatic carbocycles. The summed E-state index contributed by atoms with van der Waals surface area (Å²) in [6.07, 6.45) is 0. The first-order chi connectivity index (χ1) is 7.24. The fourth-order valence-electron chi connectivity index (χ4n) is 1.52. The Morgan fingerprint density at radius 1 is 0.933 bits per heavy atom. The number of aryl methyl sites for hydroxylation is 2. The monoisotopic (exact) mass is 200 g/mol. The molecule has 3 nitrogen and oxygen atoms in total. The average Bonchev–Trinajstić information content (AvgIpc) is 2.17. The molecule has 0 saturated heterocycles. The average molecular weight is 200 g/mol. The molecule has 0 saturated carbocycles. The standard InChI is InChI=1S/C12H13N3/c1-9-8-10(2)14-12(13-9)15-11-6-4-3-5-7-11/h3-8H,1-2H3,(H,13,14,15)/p+1. The van der Waals surface area contributed by atoms with Crippen LogP contribution in [0, 0.1) is 13.8 Å². The van der Waals surface area contributed by atoms with Crippen LogP contribution in [-0.2, 0) is 0 Å². The highest BCUT2D eigenvalue weighted by Crippen LogP contribution is 2.02. The molecule has 0 radical (unpaired) electrons. The number of rotatable bonds is 2. The van der Waals surface area contributed by atoms with Crippen molar-refractivity contribution in [1.29, 1.82) is 0 Å². The van der Waals surface area contributed by atoms with E-state index < -0.39 is 0 Å². The maximum absolute atomic E-state index is 4.36. The third-order valence-electron chi connectivity index (χ3n) is 2.09. The largest absolute Gasteiger partial charge is 0.331 e. The van der Waals surface area contributed by atoms with E-state index in [2.05, 4.69) is 9.97 Å². The Bertz CT molecular complexity index is 431. The van der Waals surface area contributed by atoms with Crippen LogP contribution in [0.3, 0.4) is 0 Å². The van der Waals surface area contributed by atoms with Crippen LogP contribution in [0.4, 0.5) is 11.6 Å². The van der Waals surface area contributed by atoms with Gasteiger partial charge in [0, 0.05) is 11.4 Å². The van der Waals surface area contributed by atoms with E-state index in [0.717, 1.165) is 23.0 Å². The molecule has 0 aliphatic carbocycles. The first kappa shape index (κ1) is 9.80. The zero-order chi connectivity index (χ0) is 10.7. The molecule has 2 rings (SSSR count). The van der Waals surface area contributed by atoms with E-state index in [1.807, 2.05) is 55.6 Å². The van der Waals surface area contributed by atoms with Crippen molar-refractivity contribution >= 4 is 11.6 Å². The number of nitrogens with zero attached hydrogens (tertiary/aromatic N) is 2. The van der Waals surface area contributed by atoms with Crippen molar-refractivity contribution in [3.8, 4) is 0 Å². The highest BCUT2D eigenvalue weighted by molar-refractivity contribution is 5.30. The molecule has 0 amide bonds. The first-order valence-corrected chi connectivity index (χ1v) is 4.96. The minimum Gasteiger partial charge on any atom is -0.248 e. The molecule has 15 heavy (non-hydrogen) atoms. The number of aromatic nitrogens is 2. The molecule has 3 heteroatoms. The third-order valence-corrected chi connectivity index (χ3v) is 2.09. The maximum Gasteiger partial charge on any atom is 0.331 e. The van der Waals surface area contributed by atoms with Gasteiger partial charge in [-0.05, 0) is 32.0 Å². The van der Waals surface area contributed by atoms with Crippen LogP contribution in [0.25, 0.3) is 0 Å². The van der Waals surface area contributed by atoms with Crippen molar-refractivity contribution in [2.24, 2.45) is 0 Å². The topological polar surface area (TPSA) is 42.4 Å². The number of hydrogen-bond acceptors (Lipinski definition) is 2. The van der Waals surface area contributed by atoms with Gasteiger partial charge in [0.2, 0.25) is 0 Å². The Kier molecular flexibility index (Phi) is 2.74. The number of quaternary nitrogens is 1. The van der Waals surface area contributed by atoms with Crippen LogP contribution in [0.15, 0.2) is 36.4 Å². The first-order valence-electron chi connectivity index (χ1n) is 4.96. The van der Waals surface area contributed by atoms with Crippen LogP contribution < -0.4 is 5.32 Å². The summed E-state index contributed by atoms with van der Waals surface area (Å²) in [5.41, 5.74) is 3.14.